The second-order valence-corrected chi connectivity index (χ2v) is 4.47. The Morgan fingerprint density at radius 3 is 2.83 bits per heavy atom. The first-order chi connectivity index (χ1) is 8.58. The Balaban J connectivity index is 2.66. The number of hydrogen-bond donors (Lipinski definition) is 2. The Bertz CT molecular complexity index is 458. The second kappa shape index (κ2) is 7.06. The molecule has 0 amide bonds. The summed E-state index contributed by atoms with van der Waals surface area (Å²) in [6, 6.07) is 5.62. The van der Waals surface area contributed by atoms with Crippen molar-refractivity contribution in [3.8, 4) is 5.75 Å². The Hall–Kier alpha value is -1.49. The Kier molecular flexibility index (Phi) is 5.71. The molecule has 0 aliphatic rings. The van der Waals surface area contributed by atoms with E-state index in [4.69, 9.17) is 9.84 Å². The monoisotopic (exact) mass is 313 g/mol. The van der Waals surface area contributed by atoms with Crippen LogP contribution in [0.3, 0.4) is 0 Å². The molecule has 18 heavy (non-hydrogen) atoms. The summed E-state index contributed by atoms with van der Waals surface area (Å²) < 4.78 is 6.06. The van der Waals surface area contributed by atoms with Crippen LogP contribution in [0.5, 0.6) is 5.75 Å². The van der Waals surface area contributed by atoms with Crippen LogP contribution < -0.4 is 10.1 Å². The lowest BCUT2D eigenvalue weighted by molar-refractivity contribution is -0.132. The van der Waals surface area contributed by atoms with Gasteiger partial charge in [-0.1, -0.05) is 13.0 Å². The average Bonchev–Trinajstić information content (AvgIpc) is 2.36. The normalized spacial score (nSPS) is 11.2. The van der Waals surface area contributed by atoms with E-state index in [1.807, 2.05) is 25.1 Å². The molecule has 0 saturated heterocycles. The van der Waals surface area contributed by atoms with Crippen LogP contribution in [0.25, 0.3) is 0 Å². The van der Waals surface area contributed by atoms with Crippen LogP contribution in [0.15, 0.2) is 34.3 Å². The van der Waals surface area contributed by atoms with Crippen LogP contribution in [0.1, 0.15) is 13.3 Å². The molecule has 0 aliphatic heterocycles. The van der Waals surface area contributed by atoms with Gasteiger partial charge in [-0.15, -0.1) is 0 Å². The maximum atomic E-state index is 10.8. The summed E-state index contributed by atoms with van der Waals surface area (Å²) in [5.41, 5.74) is 1.29. The van der Waals surface area contributed by atoms with Gasteiger partial charge in [0.1, 0.15) is 5.75 Å². The van der Waals surface area contributed by atoms with Crippen molar-refractivity contribution in [1.82, 2.24) is 0 Å². The molecule has 0 spiro atoms. The highest BCUT2D eigenvalue weighted by Crippen LogP contribution is 2.27. The summed E-state index contributed by atoms with van der Waals surface area (Å²) >= 11 is 3.37. The quantitative estimate of drug-likeness (QED) is 0.791. The zero-order valence-electron chi connectivity index (χ0n) is 10.4. The number of ether oxygens (including phenoxy) is 1. The van der Waals surface area contributed by atoms with Crippen LogP contribution in [-0.2, 0) is 4.79 Å². The first-order valence-corrected chi connectivity index (χ1v) is 6.37. The van der Waals surface area contributed by atoms with E-state index in [1.54, 1.807) is 13.2 Å². The van der Waals surface area contributed by atoms with E-state index >= 15 is 0 Å². The number of halogens is 1. The van der Waals surface area contributed by atoms with Gasteiger partial charge >= 0.3 is 5.97 Å². The van der Waals surface area contributed by atoms with Crippen molar-refractivity contribution < 1.29 is 14.6 Å². The lowest BCUT2D eigenvalue weighted by atomic mass is 10.2. The predicted octanol–water partition coefficient (Wildman–Crippen LogP) is 3.29. The second-order valence-electron chi connectivity index (χ2n) is 3.62. The fraction of sp³-hybridized carbons (Fsp3) is 0.308. The molecule has 1 aromatic carbocycles. The van der Waals surface area contributed by atoms with Crippen molar-refractivity contribution >= 4 is 27.6 Å². The minimum absolute atomic E-state index is 0.409. The fourth-order valence-corrected chi connectivity index (χ4v) is 1.85. The maximum absolute atomic E-state index is 10.8. The van der Waals surface area contributed by atoms with Gasteiger partial charge in [-0.25, -0.2) is 4.79 Å². The number of nitrogens with one attached hydrogen (secondary N) is 1. The van der Waals surface area contributed by atoms with Gasteiger partial charge in [-0.05, 0) is 34.5 Å². The van der Waals surface area contributed by atoms with E-state index in [-0.39, 0.29) is 0 Å². The highest BCUT2D eigenvalue weighted by molar-refractivity contribution is 9.10. The minimum Gasteiger partial charge on any atom is -0.495 e. The molecule has 1 rings (SSSR count). The van der Waals surface area contributed by atoms with E-state index < -0.39 is 5.97 Å². The van der Waals surface area contributed by atoms with E-state index in [9.17, 15) is 4.79 Å². The molecule has 0 heterocycles. The van der Waals surface area contributed by atoms with Gasteiger partial charge in [-0.3, -0.25) is 0 Å². The molecule has 5 heteroatoms. The molecule has 98 valence electrons. The molecular weight excluding hydrogens is 298 g/mol. The number of methoxy groups -OCH3 is 1. The summed E-state index contributed by atoms with van der Waals surface area (Å²) in [5.74, 6) is -0.134. The predicted molar refractivity (Wildman–Crippen MR) is 75.2 cm³/mol. The molecule has 0 saturated carbocycles. The summed E-state index contributed by atoms with van der Waals surface area (Å²) in [5, 5.41) is 12.0. The zero-order valence-corrected chi connectivity index (χ0v) is 12.0. The summed E-state index contributed by atoms with van der Waals surface area (Å²) in [6.07, 6.45) is 2.19. The zero-order chi connectivity index (χ0) is 13.5. The molecule has 0 atom stereocenters. The average molecular weight is 314 g/mol. The summed E-state index contributed by atoms with van der Waals surface area (Å²) in [7, 11) is 1.60. The number of carboxylic acid groups (broad SMARTS) is 1. The number of carbonyl (C=O) groups is 1. The SMILES string of the molecule is CC/C(=C/CNc1ccc(Br)c(OC)c1)C(=O)O. The van der Waals surface area contributed by atoms with Gasteiger partial charge in [0.25, 0.3) is 0 Å². The van der Waals surface area contributed by atoms with Crippen LogP contribution in [0, 0.1) is 0 Å². The van der Waals surface area contributed by atoms with E-state index in [0.29, 0.717) is 18.5 Å². The highest BCUT2D eigenvalue weighted by Gasteiger charge is 2.03. The van der Waals surface area contributed by atoms with Gasteiger partial charge in [0, 0.05) is 23.9 Å². The van der Waals surface area contributed by atoms with Crippen LogP contribution in [-0.4, -0.2) is 24.7 Å². The Morgan fingerprint density at radius 1 is 1.56 bits per heavy atom. The molecule has 1 aromatic rings. The summed E-state index contributed by atoms with van der Waals surface area (Å²) in [6.45, 7) is 2.29. The van der Waals surface area contributed by atoms with E-state index in [1.165, 1.54) is 0 Å². The number of rotatable bonds is 6. The number of carboxylic acids is 1. The van der Waals surface area contributed by atoms with Crippen LogP contribution in [0.2, 0.25) is 0 Å². The van der Waals surface area contributed by atoms with Gasteiger partial charge in [-0.2, -0.15) is 0 Å². The molecule has 0 aliphatic carbocycles. The van der Waals surface area contributed by atoms with Crippen molar-refractivity contribution in [3.05, 3.63) is 34.3 Å². The fourth-order valence-electron chi connectivity index (χ4n) is 1.44. The van der Waals surface area contributed by atoms with Crippen molar-refractivity contribution in [1.29, 1.82) is 0 Å². The van der Waals surface area contributed by atoms with Gasteiger partial charge < -0.3 is 15.2 Å². The van der Waals surface area contributed by atoms with Crippen LogP contribution >= 0.6 is 15.9 Å². The molecule has 0 unspecified atom stereocenters. The van der Waals surface area contributed by atoms with Gasteiger partial charge in [0.15, 0.2) is 0 Å². The first kappa shape index (κ1) is 14.6. The minimum atomic E-state index is -0.868. The smallest absolute Gasteiger partial charge is 0.331 e. The Labute approximate surface area is 115 Å². The van der Waals surface area contributed by atoms with Crippen molar-refractivity contribution in [2.45, 2.75) is 13.3 Å². The lowest BCUT2D eigenvalue weighted by Crippen LogP contribution is -2.04. The third kappa shape index (κ3) is 4.07. The number of anilines is 1. The summed E-state index contributed by atoms with van der Waals surface area (Å²) in [4.78, 5) is 10.8. The molecular formula is C13H16BrNO3. The first-order valence-electron chi connectivity index (χ1n) is 5.58. The number of benzene rings is 1. The van der Waals surface area contributed by atoms with Crippen molar-refractivity contribution in [2.75, 3.05) is 19.0 Å². The molecule has 0 fully saturated rings. The Morgan fingerprint density at radius 2 is 2.28 bits per heavy atom. The van der Waals surface area contributed by atoms with Gasteiger partial charge in [0.2, 0.25) is 0 Å². The largest absolute Gasteiger partial charge is 0.495 e. The molecule has 4 nitrogen and oxygen atoms in total. The topological polar surface area (TPSA) is 58.6 Å². The molecule has 0 bridgehead atoms. The van der Waals surface area contributed by atoms with Crippen LogP contribution in [0.4, 0.5) is 5.69 Å². The maximum Gasteiger partial charge on any atom is 0.331 e. The van der Waals surface area contributed by atoms with Gasteiger partial charge in [0.05, 0.1) is 11.6 Å². The van der Waals surface area contributed by atoms with E-state index in [2.05, 4.69) is 21.2 Å². The third-order valence-electron chi connectivity index (χ3n) is 2.46. The molecule has 0 aromatic heterocycles. The van der Waals surface area contributed by atoms with Crippen molar-refractivity contribution in [3.63, 3.8) is 0 Å². The van der Waals surface area contributed by atoms with E-state index in [0.717, 1.165) is 15.9 Å². The lowest BCUT2D eigenvalue weighted by Gasteiger charge is -2.08. The highest BCUT2D eigenvalue weighted by atomic mass is 79.9. The van der Waals surface area contributed by atoms with Crippen molar-refractivity contribution in [2.24, 2.45) is 0 Å². The third-order valence-corrected chi connectivity index (χ3v) is 3.12. The molecule has 0 radical (unpaired) electrons. The molecule has 2 N–H and O–H groups in total. The standard InChI is InChI=1S/C13H16BrNO3/c1-3-9(13(16)17)6-7-15-10-4-5-11(14)12(8-10)18-2/h4-6,8,15H,3,7H2,1-2H3,(H,16,17)/b9-6-. The number of hydrogen-bond acceptors (Lipinski definition) is 3. The number of aliphatic carboxylic acids is 1.